The second-order valence-electron chi connectivity index (χ2n) is 7.80. The highest BCUT2D eigenvalue weighted by molar-refractivity contribution is 8.15. The molecule has 1 unspecified atom stereocenters. The fraction of sp³-hybridized carbons (Fsp3) is 0.208. The highest BCUT2D eigenvalue weighted by Gasteiger charge is 2.31. The zero-order valence-corrected chi connectivity index (χ0v) is 19.7. The van der Waals surface area contributed by atoms with E-state index in [-0.39, 0.29) is 16.4 Å². The Morgan fingerprint density at radius 1 is 1.09 bits per heavy atom. The Hall–Kier alpha value is -3.30. The van der Waals surface area contributed by atoms with E-state index in [4.69, 9.17) is 9.47 Å². The molecular formula is C24H21N3O4S2. The van der Waals surface area contributed by atoms with E-state index in [1.807, 2.05) is 67.1 Å². The summed E-state index contributed by atoms with van der Waals surface area (Å²) in [6.45, 7) is 2.36. The molecule has 4 aromatic rings. The number of imide groups is 1. The van der Waals surface area contributed by atoms with Crippen LogP contribution in [0.3, 0.4) is 0 Å². The van der Waals surface area contributed by atoms with E-state index in [1.165, 1.54) is 5.56 Å². The van der Waals surface area contributed by atoms with E-state index >= 15 is 0 Å². The third kappa shape index (κ3) is 4.74. The lowest BCUT2D eigenvalue weighted by atomic mass is 10.1. The Morgan fingerprint density at radius 2 is 1.88 bits per heavy atom. The molecule has 1 aliphatic heterocycles. The number of imidazole rings is 1. The summed E-state index contributed by atoms with van der Waals surface area (Å²) in [7, 11) is 1.96. The molecular weight excluding hydrogens is 458 g/mol. The van der Waals surface area contributed by atoms with Crippen molar-refractivity contribution in [3.05, 3.63) is 70.9 Å². The molecule has 0 spiro atoms. The van der Waals surface area contributed by atoms with Crippen molar-refractivity contribution >= 4 is 45.3 Å². The number of hydrogen-bond acceptors (Lipinski definition) is 7. The van der Waals surface area contributed by atoms with Crippen LogP contribution in [0.2, 0.25) is 0 Å². The van der Waals surface area contributed by atoms with Crippen molar-refractivity contribution in [1.29, 1.82) is 0 Å². The van der Waals surface area contributed by atoms with Gasteiger partial charge >= 0.3 is 0 Å². The Morgan fingerprint density at radius 3 is 2.58 bits per heavy atom. The van der Waals surface area contributed by atoms with Crippen LogP contribution in [0, 0.1) is 6.92 Å². The maximum Gasteiger partial charge on any atom is 0.286 e. The molecule has 0 saturated carbocycles. The van der Waals surface area contributed by atoms with Crippen LogP contribution in [0.15, 0.2) is 53.9 Å². The Balaban J connectivity index is 1.24. The molecule has 168 valence electrons. The van der Waals surface area contributed by atoms with E-state index in [2.05, 4.69) is 15.7 Å². The van der Waals surface area contributed by atoms with Crippen LogP contribution in [0.1, 0.15) is 17.0 Å². The van der Waals surface area contributed by atoms with Crippen LogP contribution >= 0.6 is 23.1 Å². The number of amides is 2. The molecule has 1 atom stereocenters. The van der Waals surface area contributed by atoms with Gasteiger partial charge in [0.15, 0.2) is 5.06 Å². The SMILES string of the molecule is Cc1csc(Oc2ccc3nc(COc4ccc(CC5SC(=O)NC5=O)cc4)n(C)c3c2)c1. The summed E-state index contributed by atoms with van der Waals surface area (Å²) >= 11 is 2.61. The molecule has 2 aromatic heterocycles. The van der Waals surface area contributed by atoms with Crippen molar-refractivity contribution in [3.63, 3.8) is 0 Å². The van der Waals surface area contributed by atoms with Crippen LogP contribution in [0.5, 0.6) is 16.6 Å². The average molecular weight is 480 g/mol. The highest BCUT2D eigenvalue weighted by Crippen LogP contribution is 2.30. The molecule has 1 N–H and O–H groups in total. The number of fused-ring (bicyclic) bond motifs is 1. The summed E-state index contributed by atoms with van der Waals surface area (Å²) in [6, 6.07) is 15.4. The number of ether oxygens (including phenoxy) is 2. The van der Waals surface area contributed by atoms with Gasteiger partial charge in [0.05, 0.1) is 16.3 Å². The largest absolute Gasteiger partial charge is 0.486 e. The van der Waals surface area contributed by atoms with E-state index in [1.54, 1.807) is 11.3 Å². The molecule has 0 bridgehead atoms. The van der Waals surface area contributed by atoms with Crippen LogP contribution in [-0.2, 0) is 24.9 Å². The maximum absolute atomic E-state index is 11.7. The molecule has 1 saturated heterocycles. The fourth-order valence-corrected chi connectivity index (χ4v) is 5.23. The quantitative estimate of drug-likeness (QED) is 0.392. The van der Waals surface area contributed by atoms with Crippen molar-refractivity contribution in [1.82, 2.24) is 14.9 Å². The number of rotatable bonds is 7. The topological polar surface area (TPSA) is 82.5 Å². The normalized spacial score (nSPS) is 15.8. The first-order chi connectivity index (χ1) is 15.9. The number of benzene rings is 2. The standard InChI is InChI=1S/C24H21N3O4S2/c1-14-9-22(32-13-14)31-17-7-8-18-19(11-17)27(2)21(25-18)12-30-16-5-3-15(4-6-16)10-20-23(28)26-24(29)33-20/h3-9,11,13,20H,10,12H2,1-2H3,(H,26,28,29). The van der Waals surface area contributed by atoms with Gasteiger partial charge in [0.2, 0.25) is 5.91 Å². The Kier molecular flexibility index (Phi) is 5.82. The lowest BCUT2D eigenvalue weighted by Gasteiger charge is -2.09. The number of carbonyl (C=O) groups is 2. The monoisotopic (exact) mass is 479 g/mol. The summed E-state index contributed by atoms with van der Waals surface area (Å²) in [5.41, 5.74) is 4.00. The molecule has 1 fully saturated rings. The van der Waals surface area contributed by atoms with Crippen molar-refractivity contribution in [2.75, 3.05) is 0 Å². The summed E-state index contributed by atoms with van der Waals surface area (Å²) in [6.07, 6.45) is 0.503. The number of nitrogens with one attached hydrogen (secondary N) is 1. The van der Waals surface area contributed by atoms with E-state index in [0.29, 0.717) is 18.8 Å². The Labute approximate surface area is 198 Å². The zero-order chi connectivity index (χ0) is 22.9. The first-order valence-electron chi connectivity index (χ1n) is 10.4. The summed E-state index contributed by atoms with van der Waals surface area (Å²) in [5, 5.41) is 4.58. The van der Waals surface area contributed by atoms with Crippen molar-refractivity contribution < 1.29 is 19.1 Å². The molecule has 0 radical (unpaired) electrons. The number of nitrogens with zero attached hydrogens (tertiary/aromatic N) is 2. The molecule has 2 amide bonds. The highest BCUT2D eigenvalue weighted by atomic mass is 32.2. The molecule has 0 aliphatic carbocycles. The molecule has 1 aliphatic rings. The number of aryl methyl sites for hydroxylation is 2. The number of aromatic nitrogens is 2. The van der Waals surface area contributed by atoms with Gasteiger partial charge in [0, 0.05) is 13.1 Å². The minimum absolute atomic E-state index is 0.230. The second kappa shape index (κ2) is 8.92. The summed E-state index contributed by atoms with van der Waals surface area (Å²) < 4.78 is 13.9. The number of hydrogen-bond donors (Lipinski definition) is 1. The summed E-state index contributed by atoms with van der Waals surface area (Å²) in [4.78, 5) is 27.7. The van der Waals surface area contributed by atoms with Gasteiger partial charge in [-0.3, -0.25) is 14.9 Å². The minimum Gasteiger partial charge on any atom is -0.486 e. The van der Waals surface area contributed by atoms with Gasteiger partial charge in [-0.1, -0.05) is 23.9 Å². The number of carbonyl (C=O) groups excluding carboxylic acids is 2. The number of thioether (sulfide) groups is 1. The fourth-order valence-electron chi connectivity index (χ4n) is 3.60. The van der Waals surface area contributed by atoms with Crippen LogP contribution in [0.25, 0.3) is 11.0 Å². The average Bonchev–Trinajstić information content (AvgIpc) is 3.45. The zero-order valence-electron chi connectivity index (χ0n) is 18.0. The lowest BCUT2D eigenvalue weighted by Crippen LogP contribution is -2.25. The van der Waals surface area contributed by atoms with Crippen molar-refractivity contribution in [2.45, 2.75) is 25.2 Å². The van der Waals surface area contributed by atoms with Gasteiger partial charge in [-0.2, -0.15) is 0 Å². The number of thiophene rings is 1. The molecule has 3 heterocycles. The van der Waals surface area contributed by atoms with Crippen LogP contribution in [0.4, 0.5) is 4.79 Å². The van der Waals surface area contributed by atoms with Gasteiger partial charge in [0.1, 0.15) is 23.9 Å². The van der Waals surface area contributed by atoms with Gasteiger partial charge in [0.25, 0.3) is 5.24 Å². The predicted molar refractivity (Wildman–Crippen MR) is 129 cm³/mol. The first kappa shape index (κ1) is 21.5. The smallest absolute Gasteiger partial charge is 0.286 e. The van der Waals surface area contributed by atoms with Gasteiger partial charge < -0.3 is 14.0 Å². The van der Waals surface area contributed by atoms with Crippen molar-refractivity contribution in [3.8, 4) is 16.6 Å². The molecule has 7 nitrogen and oxygen atoms in total. The molecule has 2 aromatic carbocycles. The van der Waals surface area contributed by atoms with Crippen LogP contribution in [-0.4, -0.2) is 25.9 Å². The van der Waals surface area contributed by atoms with Gasteiger partial charge in [-0.15, -0.1) is 11.3 Å². The van der Waals surface area contributed by atoms with Crippen molar-refractivity contribution in [2.24, 2.45) is 7.05 Å². The van der Waals surface area contributed by atoms with E-state index in [9.17, 15) is 9.59 Å². The predicted octanol–water partition coefficient (Wildman–Crippen LogP) is 5.21. The second-order valence-corrected chi connectivity index (χ2v) is 9.85. The third-order valence-electron chi connectivity index (χ3n) is 5.35. The molecule has 9 heteroatoms. The minimum atomic E-state index is -0.373. The lowest BCUT2D eigenvalue weighted by molar-refractivity contribution is -0.118. The maximum atomic E-state index is 11.7. The van der Waals surface area contributed by atoms with Gasteiger partial charge in [-0.25, -0.2) is 4.98 Å². The van der Waals surface area contributed by atoms with E-state index < -0.39 is 0 Å². The van der Waals surface area contributed by atoms with E-state index in [0.717, 1.165) is 45.0 Å². The Bertz CT molecular complexity index is 1340. The third-order valence-corrected chi connectivity index (χ3v) is 7.25. The van der Waals surface area contributed by atoms with Gasteiger partial charge in [-0.05, 0) is 60.2 Å². The summed E-state index contributed by atoms with van der Waals surface area (Å²) in [5.74, 6) is 2.05. The molecule has 33 heavy (non-hydrogen) atoms. The van der Waals surface area contributed by atoms with Crippen LogP contribution < -0.4 is 14.8 Å². The molecule has 5 rings (SSSR count). The first-order valence-corrected chi connectivity index (χ1v) is 12.1.